The predicted molar refractivity (Wildman–Crippen MR) is 72.4 cm³/mol. The first-order chi connectivity index (χ1) is 8.60. The van der Waals surface area contributed by atoms with Crippen LogP contribution in [0.2, 0.25) is 0 Å². The first-order valence-corrected chi connectivity index (χ1v) is 7.54. The number of ether oxygens (including phenoxy) is 1. The summed E-state index contributed by atoms with van der Waals surface area (Å²) in [4.78, 5) is 12.3. The second-order valence-corrected chi connectivity index (χ2v) is 6.31. The summed E-state index contributed by atoms with van der Waals surface area (Å²) in [6, 6.07) is 0. The van der Waals surface area contributed by atoms with Gasteiger partial charge in [-0.2, -0.15) is 0 Å². The molecule has 0 bridgehead atoms. The Bertz CT molecular complexity index is 286. The van der Waals surface area contributed by atoms with Gasteiger partial charge in [0.15, 0.2) is 5.78 Å². The Hall–Kier alpha value is -0.410. The number of carbonyl (C=O) groups is 1. The highest BCUT2D eigenvalue weighted by Gasteiger charge is 2.37. The molecular formula is C15H27NO2. The maximum atomic E-state index is 12.3. The lowest BCUT2D eigenvalue weighted by Crippen LogP contribution is -2.51. The summed E-state index contributed by atoms with van der Waals surface area (Å²) in [7, 11) is 0. The summed E-state index contributed by atoms with van der Waals surface area (Å²) < 4.78 is 5.58. The molecule has 0 aromatic rings. The zero-order valence-electron chi connectivity index (χ0n) is 11.6. The molecule has 2 rings (SSSR count). The molecule has 3 atom stereocenters. The molecule has 1 aliphatic heterocycles. The third-order valence-electron chi connectivity index (χ3n) is 4.54. The van der Waals surface area contributed by atoms with Gasteiger partial charge in [0.05, 0.1) is 11.6 Å². The molecule has 0 spiro atoms. The molecule has 0 aromatic heterocycles. The van der Waals surface area contributed by atoms with Crippen LogP contribution in [0, 0.1) is 5.92 Å². The van der Waals surface area contributed by atoms with Gasteiger partial charge < -0.3 is 10.5 Å². The van der Waals surface area contributed by atoms with Gasteiger partial charge in [-0.1, -0.05) is 19.8 Å². The first-order valence-electron chi connectivity index (χ1n) is 7.54. The molecule has 3 nitrogen and oxygen atoms in total. The van der Waals surface area contributed by atoms with E-state index in [1.165, 1.54) is 19.3 Å². The molecule has 2 N–H and O–H groups in total. The van der Waals surface area contributed by atoms with Crippen molar-refractivity contribution in [1.82, 2.24) is 0 Å². The lowest BCUT2D eigenvalue weighted by molar-refractivity contribution is -0.126. The van der Waals surface area contributed by atoms with Crippen molar-refractivity contribution in [3.63, 3.8) is 0 Å². The maximum Gasteiger partial charge on any atom is 0.152 e. The fraction of sp³-hybridized carbons (Fsp3) is 0.933. The minimum Gasteiger partial charge on any atom is -0.378 e. The SMILES string of the molecule is CC1CCCC(N)(C(=O)CCCC2CCCO2)C1. The summed E-state index contributed by atoms with van der Waals surface area (Å²) in [6.07, 6.45) is 9.45. The van der Waals surface area contributed by atoms with Crippen LogP contribution in [0.1, 0.15) is 64.7 Å². The summed E-state index contributed by atoms with van der Waals surface area (Å²) >= 11 is 0. The van der Waals surface area contributed by atoms with E-state index in [9.17, 15) is 4.79 Å². The molecule has 0 amide bonds. The zero-order chi connectivity index (χ0) is 13.0. The third-order valence-corrected chi connectivity index (χ3v) is 4.54. The van der Waals surface area contributed by atoms with Crippen molar-refractivity contribution in [2.75, 3.05) is 6.61 Å². The Morgan fingerprint density at radius 2 is 2.22 bits per heavy atom. The molecule has 104 valence electrons. The van der Waals surface area contributed by atoms with Crippen molar-refractivity contribution < 1.29 is 9.53 Å². The molecular weight excluding hydrogens is 226 g/mol. The molecule has 2 aliphatic rings. The standard InChI is InChI=1S/C15H27NO2/c1-12-5-3-9-15(16,11-12)14(17)8-2-6-13-7-4-10-18-13/h12-13H,2-11,16H2,1H3. The summed E-state index contributed by atoms with van der Waals surface area (Å²) in [5.41, 5.74) is 5.79. The molecule has 18 heavy (non-hydrogen) atoms. The van der Waals surface area contributed by atoms with Crippen LogP contribution in [-0.4, -0.2) is 24.0 Å². The van der Waals surface area contributed by atoms with E-state index < -0.39 is 5.54 Å². The Labute approximate surface area is 110 Å². The van der Waals surface area contributed by atoms with Crippen LogP contribution < -0.4 is 5.73 Å². The number of hydrogen-bond acceptors (Lipinski definition) is 3. The molecule has 0 radical (unpaired) electrons. The van der Waals surface area contributed by atoms with Crippen LogP contribution in [0.25, 0.3) is 0 Å². The highest BCUT2D eigenvalue weighted by molar-refractivity contribution is 5.88. The lowest BCUT2D eigenvalue weighted by Gasteiger charge is -2.35. The van der Waals surface area contributed by atoms with Gasteiger partial charge >= 0.3 is 0 Å². The van der Waals surface area contributed by atoms with Crippen molar-refractivity contribution in [3.8, 4) is 0 Å². The molecule has 1 saturated heterocycles. The average molecular weight is 253 g/mol. The van der Waals surface area contributed by atoms with E-state index >= 15 is 0 Å². The quantitative estimate of drug-likeness (QED) is 0.819. The molecule has 1 saturated carbocycles. The summed E-state index contributed by atoms with van der Waals surface area (Å²) in [6.45, 7) is 3.11. The molecule has 3 unspecified atom stereocenters. The van der Waals surface area contributed by atoms with Crippen molar-refractivity contribution in [2.45, 2.75) is 76.4 Å². The zero-order valence-corrected chi connectivity index (χ0v) is 11.6. The number of ketones is 1. The van der Waals surface area contributed by atoms with E-state index in [-0.39, 0.29) is 5.78 Å². The molecule has 1 aliphatic carbocycles. The molecule has 0 aromatic carbocycles. The molecule has 2 fully saturated rings. The number of rotatable bonds is 5. The van der Waals surface area contributed by atoms with Gasteiger partial charge in [-0.05, 0) is 44.4 Å². The second kappa shape index (κ2) is 6.16. The number of carbonyl (C=O) groups excluding carboxylic acids is 1. The van der Waals surface area contributed by atoms with Crippen LogP contribution in [0.3, 0.4) is 0 Å². The maximum absolute atomic E-state index is 12.3. The third kappa shape index (κ3) is 3.55. The fourth-order valence-corrected chi connectivity index (χ4v) is 3.46. The largest absolute Gasteiger partial charge is 0.378 e. The van der Waals surface area contributed by atoms with Crippen LogP contribution in [0.15, 0.2) is 0 Å². The summed E-state index contributed by atoms with van der Waals surface area (Å²) in [5.74, 6) is 0.887. The monoisotopic (exact) mass is 253 g/mol. The van der Waals surface area contributed by atoms with Crippen LogP contribution in [-0.2, 0) is 9.53 Å². The number of Topliss-reactive ketones (excluding diaryl/α,β-unsaturated/α-hetero) is 1. The van der Waals surface area contributed by atoms with E-state index in [0.29, 0.717) is 18.4 Å². The van der Waals surface area contributed by atoms with Crippen LogP contribution in [0.4, 0.5) is 0 Å². The minimum absolute atomic E-state index is 0.284. The lowest BCUT2D eigenvalue weighted by atomic mass is 9.73. The Morgan fingerprint density at radius 1 is 1.39 bits per heavy atom. The van der Waals surface area contributed by atoms with Crippen molar-refractivity contribution >= 4 is 5.78 Å². The summed E-state index contributed by atoms with van der Waals surface area (Å²) in [5, 5.41) is 0. The number of nitrogens with two attached hydrogens (primary N) is 1. The Morgan fingerprint density at radius 3 is 2.89 bits per heavy atom. The molecule has 3 heteroatoms. The van der Waals surface area contributed by atoms with Gasteiger partial charge in [-0.15, -0.1) is 0 Å². The topological polar surface area (TPSA) is 52.3 Å². The van der Waals surface area contributed by atoms with Crippen molar-refractivity contribution in [3.05, 3.63) is 0 Å². The Balaban J connectivity index is 1.72. The van der Waals surface area contributed by atoms with Gasteiger partial charge in [0.2, 0.25) is 0 Å². The predicted octanol–water partition coefficient (Wildman–Crippen LogP) is 2.81. The van der Waals surface area contributed by atoms with E-state index in [1.54, 1.807) is 0 Å². The van der Waals surface area contributed by atoms with Gasteiger partial charge in [0, 0.05) is 13.0 Å². The van der Waals surface area contributed by atoms with Gasteiger partial charge in [-0.25, -0.2) is 0 Å². The van der Waals surface area contributed by atoms with Crippen molar-refractivity contribution in [2.24, 2.45) is 11.7 Å². The highest BCUT2D eigenvalue weighted by Crippen LogP contribution is 2.32. The second-order valence-electron chi connectivity index (χ2n) is 6.31. The van der Waals surface area contributed by atoms with Gasteiger partial charge in [0.25, 0.3) is 0 Å². The van der Waals surface area contributed by atoms with Crippen LogP contribution in [0.5, 0.6) is 0 Å². The van der Waals surface area contributed by atoms with E-state index in [1.807, 2.05) is 0 Å². The van der Waals surface area contributed by atoms with Crippen molar-refractivity contribution in [1.29, 1.82) is 0 Å². The minimum atomic E-state index is -0.520. The number of hydrogen-bond donors (Lipinski definition) is 1. The Kier molecular flexibility index (Phi) is 4.79. The van der Waals surface area contributed by atoms with E-state index in [2.05, 4.69) is 6.92 Å². The van der Waals surface area contributed by atoms with Gasteiger partial charge in [-0.3, -0.25) is 4.79 Å². The smallest absolute Gasteiger partial charge is 0.152 e. The van der Waals surface area contributed by atoms with Crippen LogP contribution >= 0.6 is 0 Å². The molecule has 1 heterocycles. The average Bonchev–Trinajstić information content (AvgIpc) is 2.81. The first kappa shape index (κ1) is 14.0. The van der Waals surface area contributed by atoms with E-state index in [4.69, 9.17) is 10.5 Å². The van der Waals surface area contributed by atoms with E-state index in [0.717, 1.165) is 38.7 Å². The normalized spacial score (nSPS) is 36.8. The highest BCUT2D eigenvalue weighted by atomic mass is 16.5. The van der Waals surface area contributed by atoms with Gasteiger partial charge in [0.1, 0.15) is 0 Å². The fourth-order valence-electron chi connectivity index (χ4n) is 3.46.